The molecular formula is C18H23N3O3. The van der Waals surface area contributed by atoms with Crippen LogP contribution in [0.15, 0.2) is 36.5 Å². The number of methoxy groups -OCH3 is 1. The molecule has 0 saturated carbocycles. The van der Waals surface area contributed by atoms with Gasteiger partial charge in [-0.1, -0.05) is 13.0 Å². The summed E-state index contributed by atoms with van der Waals surface area (Å²) < 4.78 is 11.0. The SMILES string of the molecule is CC[C@H](C)NC(=O)Nc1ccc(Oc2ccc(C)cc2OC)nc1. The van der Waals surface area contributed by atoms with Crippen molar-refractivity contribution in [3.05, 3.63) is 42.1 Å². The van der Waals surface area contributed by atoms with Gasteiger partial charge in [0.05, 0.1) is 19.0 Å². The number of ether oxygens (including phenoxy) is 2. The van der Waals surface area contributed by atoms with Crippen LogP contribution in [0, 0.1) is 6.92 Å². The molecule has 2 aromatic rings. The molecule has 2 rings (SSSR count). The van der Waals surface area contributed by atoms with Crippen LogP contribution in [-0.4, -0.2) is 24.2 Å². The molecule has 1 heterocycles. The summed E-state index contributed by atoms with van der Waals surface area (Å²) >= 11 is 0. The summed E-state index contributed by atoms with van der Waals surface area (Å²) in [5, 5.41) is 5.56. The summed E-state index contributed by atoms with van der Waals surface area (Å²) in [6, 6.07) is 8.96. The van der Waals surface area contributed by atoms with E-state index in [1.54, 1.807) is 25.4 Å². The van der Waals surface area contributed by atoms with Crippen molar-refractivity contribution in [3.63, 3.8) is 0 Å². The maximum atomic E-state index is 11.8. The number of carbonyl (C=O) groups is 1. The quantitative estimate of drug-likeness (QED) is 0.836. The number of aryl methyl sites for hydroxylation is 1. The highest BCUT2D eigenvalue weighted by molar-refractivity contribution is 5.89. The highest BCUT2D eigenvalue weighted by Gasteiger charge is 2.08. The molecule has 0 saturated heterocycles. The van der Waals surface area contributed by atoms with E-state index in [1.165, 1.54) is 0 Å². The zero-order valence-electron chi connectivity index (χ0n) is 14.4. The molecule has 2 amide bonds. The van der Waals surface area contributed by atoms with Gasteiger partial charge in [0.15, 0.2) is 11.5 Å². The van der Waals surface area contributed by atoms with Crippen LogP contribution in [0.4, 0.5) is 10.5 Å². The zero-order valence-corrected chi connectivity index (χ0v) is 14.4. The Kier molecular flexibility index (Phi) is 6.01. The van der Waals surface area contributed by atoms with Gasteiger partial charge in [-0.2, -0.15) is 0 Å². The number of hydrogen-bond acceptors (Lipinski definition) is 4. The number of rotatable bonds is 6. The summed E-state index contributed by atoms with van der Waals surface area (Å²) in [6.07, 6.45) is 2.42. The number of anilines is 1. The number of amides is 2. The molecule has 0 aliphatic rings. The number of nitrogens with one attached hydrogen (secondary N) is 2. The van der Waals surface area contributed by atoms with Crippen LogP contribution in [0.3, 0.4) is 0 Å². The van der Waals surface area contributed by atoms with E-state index in [4.69, 9.17) is 9.47 Å². The monoisotopic (exact) mass is 329 g/mol. The fraction of sp³-hybridized carbons (Fsp3) is 0.333. The third-order valence-electron chi connectivity index (χ3n) is 3.52. The topological polar surface area (TPSA) is 72.5 Å². The lowest BCUT2D eigenvalue weighted by molar-refractivity contribution is 0.249. The number of nitrogens with zero attached hydrogens (tertiary/aromatic N) is 1. The first-order valence-corrected chi connectivity index (χ1v) is 7.88. The maximum Gasteiger partial charge on any atom is 0.319 e. The number of carbonyl (C=O) groups excluding carboxylic acids is 1. The molecule has 1 atom stereocenters. The van der Waals surface area contributed by atoms with E-state index in [-0.39, 0.29) is 12.1 Å². The standard InChI is InChI=1S/C18H23N3O3/c1-5-13(3)20-18(22)21-14-7-9-17(19-11-14)24-15-8-6-12(2)10-16(15)23-4/h6-11,13H,5H2,1-4H3,(H2,20,21,22)/t13-/m0/s1. The van der Waals surface area contributed by atoms with Crippen molar-refractivity contribution in [2.75, 3.05) is 12.4 Å². The summed E-state index contributed by atoms with van der Waals surface area (Å²) in [6.45, 7) is 5.94. The zero-order chi connectivity index (χ0) is 17.5. The molecule has 128 valence electrons. The molecule has 0 bridgehead atoms. The van der Waals surface area contributed by atoms with Crippen LogP contribution in [0.1, 0.15) is 25.8 Å². The van der Waals surface area contributed by atoms with Crippen molar-refractivity contribution < 1.29 is 14.3 Å². The summed E-state index contributed by atoms with van der Waals surface area (Å²) in [5.74, 6) is 1.66. The van der Waals surface area contributed by atoms with Gasteiger partial charge in [-0.05, 0) is 44.0 Å². The van der Waals surface area contributed by atoms with Gasteiger partial charge in [0.2, 0.25) is 5.88 Å². The summed E-state index contributed by atoms with van der Waals surface area (Å²) in [5.41, 5.74) is 1.68. The first kappa shape index (κ1) is 17.6. The Balaban J connectivity index is 2.01. The van der Waals surface area contributed by atoms with E-state index >= 15 is 0 Å². The number of hydrogen-bond donors (Lipinski definition) is 2. The Hall–Kier alpha value is -2.76. The fourth-order valence-electron chi connectivity index (χ4n) is 1.98. The predicted octanol–water partition coefficient (Wildman–Crippen LogP) is 4.11. The largest absolute Gasteiger partial charge is 0.493 e. The molecule has 0 spiro atoms. The van der Waals surface area contributed by atoms with Crippen molar-refractivity contribution in [1.82, 2.24) is 10.3 Å². The van der Waals surface area contributed by atoms with Gasteiger partial charge in [0.25, 0.3) is 0 Å². The predicted molar refractivity (Wildman–Crippen MR) is 93.9 cm³/mol. The van der Waals surface area contributed by atoms with Crippen molar-refractivity contribution >= 4 is 11.7 Å². The van der Waals surface area contributed by atoms with Crippen LogP contribution >= 0.6 is 0 Å². The Morgan fingerprint density at radius 2 is 2.04 bits per heavy atom. The third-order valence-corrected chi connectivity index (χ3v) is 3.52. The lowest BCUT2D eigenvalue weighted by Crippen LogP contribution is -2.35. The van der Waals surface area contributed by atoms with E-state index in [0.717, 1.165) is 12.0 Å². The van der Waals surface area contributed by atoms with Gasteiger partial charge >= 0.3 is 6.03 Å². The fourth-order valence-corrected chi connectivity index (χ4v) is 1.98. The van der Waals surface area contributed by atoms with Crippen molar-refractivity contribution in [1.29, 1.82) is 0 Å². The van der Waals surface area contributed by atoms with Gasteiger partial charge in [-0.3, -0.25) is 0 Å². The van der Waals surface area contributed by atoms with Crippen molar-refractivity contribution in [3.8, 4) is 17.4 Å². The second-order valence-electron chi connectivity index (χ2n) is 5.55. The molecule has 6 nitrogen and oxygen atoms in total. The average Bonchev–Trinajstić information content (AvgIpc) is 2.57. The number of benzene rings is 1. The Morgan fingerprint density at radius 3 is 2.67 bits per heavy atom. The van der Waals surface area contributed by atoms with E-state index < -0.39 is 0 Å². The minimum atomic E-state index is -0.250. The number of urea groups is 1. The van der Waals surface area contributed by atoms with Crippen LogP contribution in [0.5, 0.6) is 17.4 Å². The number of aromatic nitrogens is 1. The molecule has 0 unspecified atom stereocenters. The van der Waals surface area contributed by atoms with Gasteiger partial charge in [0.1, 0.15) is 0 Å². The molecule has 0 radical (unpaired) electrons. The summed E-state index contributed by atoms with van der Waals surface area (Å²) in [4.78, 5) is 16.0. The number of pyridine rings is 1. The average molecular weight is 329 g/mol. The highest BCUT2D eigenvalue weighted by atomic mass is 16.5. The third kappa shape index (κ3) is 4.87. The molecule has 0 aliphatic carbocycles. The molecule has 0 fully saturated rings. The first-order valence-electron chi connectivity index (χ1n) is 7.88. The van der Waals surface area contributed by atoms with E-state index in [2.05, 4.69) is 15.6 Å². The van der Waals surface area contributed by atoms with E-state index in [0.29, 0.717) is 23.1 Å². The lowest BCUT2D eigenvalue weighted by Gasteiger charge is -2.13. The summed E-state index contributed by atoms with van der Waals surface area (Å²) in [7, 11) is 1.60. The Labute approximate surface area is 142 Å². The Bertz CT molecular complexity index is 686. The minimum Gasteiger partial charge on any atom is -0.493 e. The maximum absolute atomic E-state index is 11.8. The van der Waals surface area contributed by atoms with Gasteiger partial charge in [-0.25, -0.2) is 9.78 Å². The first-order chi connectivity index (χ1) is 11.5. The molecule has 24 heavy (non-hydrogen) atoms. The second-order valence-corrected chi connectivity index (χ2v) is 5.55. The van der Waals surface area contributed by atoms with Crippen molar-refractivity contribution in [2.45, 2.75) is 33.2 Å². The molecule has 6 heteroatoms. The highest BCUT2D eigenvalue weighted by Crippen LogP contribution is 2.31. The molecule has 1 aromatic carbocycles. The Morgan fingerprint density at radius 1 is 1.25 bits per heavy atom. The molecule has 0 aliphatic heterocycles. The van der Waals surface area contributed by atoms with Crippen molar-refractivity contribution in [2.24, 2.45) is 0 Å². The molecule has 1 aromatic heterocycles. The van der Waals surface area contributed by atoms with Gasteiger partial charge in [0, 0.05) is 12.1 Å². The van der Waals surface area contributed by atoms with Gasteiger partial charge < -0.3 is 20.1 Å². The van der Waals surface area contributed by atoms with Gasteiger partial charge in [-0.15, -0.1) is 0 Å². The van der Waals surface area contributed by atoms with Crippen LogP contribution in [0.25, 0.3) is 0 Å². The lowest BCUT2D eigenvalue weighted by atomic mass is 10.2. The van der Waals surface area contributed by atoms with Crippen LogP contribution < -0.4 is 20.1 Å². The second kappa shape index (κ2) is 8.19. The normalized spacial score (nSPS) is 11.5. The smallest absolute Gasteiger partial charge is 0.319 e. The van der Waals surface area contributed by atoms with Crippen LogP contribution in [-0.2, 0) is 0 Å². The van der Waals surface area contributed by atoms with E-state index in [9.17, 15) is 4.79 Å². The molecular weight excluding hydrogens is 306 g/mol. The minimum absolute atomic E-state index is 0.120. The van der Waals surface area contributed by atoms with E-state index in [1.807, 2.05) is 39.0 Å². The van der Waals surface area contributed by atoms with Crippen LogP contribution in [0.2, 0.25) is 0 Å². The molecule has 2 N–H and O–H groups in total.